The quantitative estimate of drug-likeness (QED) is 0.527. The fourth-order valence-corrected chi connectivity index (χ4v) is 1.34. The second-order valence-electron chi connectivity index (χ2n) is 3.31. The van der Waals surface area contributed by atoms with Gasteiger partial charge in [-0.25, -0.2) is 0 Å². The van der Waals surface area contributed by atoms with Crippen LogP contribution in [0.15, 0.2) is 54.6 Å². The van der Waals surface area contributed by atoms with Gasteiger partial charge in [0.1, 0.15) is 0 Å². The van der Waals surface area contributed by atoms with Crippen molar-refractivity contribution >= 4 is 12.2 Å². The van der Waals surface area contributed by atoms with E-state index in [0.29, 0.717) is 0 Å². The molecule has 0 saturated heterocycles. The smallest absolute Gasteiger partial charge is 0.872 e. The van der Waals surface area contributed by atoms with Crippen molar-refractivity contribution in [2.75, 3.05) is 0 Å². The van der Waals surface area contributed by atoms with Crippen LogP contribution in [0.2, 0.25) is 0 Å². The first-order chi connectivity index (χ1) is 7.34. The Morgan fingerprint density at radius 2 is 1.19 bits per heavy atom. The molecule has 0 amide bonds. The molecule has 2 aromatic carbocycles. The van der Waals surface area contributed by atoms with Gasteiger partial charge in [-0.1, -0.05) is 66.7 Å². The number of benzene rings is 2. The molecule has 74 valence electrons. The second kappa shape index (κ2) is 7.04. The first kappa shape index (κ1) is 13.7. The molecule has 0 aromatic heterocycles. The average Bonchev–Trinajstić information content (AvgIpc) is 2.30. The van der Waals surface area contributed by atoms with Gasteiger partial charge in [-0.05, 0) is 11.1 Å². The van der Waals surface area contributed by atoms with Crippen molar-refractivity contribution in [2.45, 2.75) is 0 Å². The van der Waals surface area contributed by atoms with Gasteiger partial charge >= 0.3 is 51.4 Å². The fourth-order valence-electron chi connectivity index (χ4n) is 1.34. The van der Waals surface area contributed by atoms with Gasteiger partial charge < -0.3 is 5.11 Å². The summed E-state index contributed by atoms with van der Waals surface area (Å²) in [6, 6.07) is 16.9. The maximum Gasteiger partial charge on any atom is 1.00 e. The molecule has 0 aliphatic rings. The minimum absolute atomic E-state index is 0. The van der Waals surface area contributed by atoms with E-state index in [1.54, 1.807) is 12.1 Å². The van der Waals surface area contributed by atoms with Crippen LogP contribution in [0.4, 0.5) is 0 Å². The van der Waals surface area contributed by atoms with E-state index in [0.717, 1.165) is 11.1 Å². The van der Waals surface area contributed by atoms with E-state index in [9.17, 15) is 5.11 Å². The van der Waals surface area contributed by atoms with Crippen LogP contribution in [0.3, 0.4) is 0 Å². The Balaban J connectivity index is 0.00000128. The Morgan fingerprint density at radius 3 is 1.75 bits per heavy atom. The summed E-state index contributed by atoms with van der Waals surface area (Å²) in [5, 5.41) is 10.9. The van der Waals surface area contributed by atoms with Crippen molar-refractivity contribution in [3.8, 4) is 5.75 Å². The Morgan fingerprint density at radius 1 is 0.688 bits per heavy atom. The van der Waals surface area contributed by atoms with Gasteiger partial charge in [0.25, 0.3) is 0 Å². The zero-order chi connectivity index (χ0) is 10.5. The molecule has 2 heteroatoms. The maximum absolute atomic E-state index is 10.9. The molecular formula is C14H11KO. The van der Waals surface area contributed by atoms with E-state index >= 15 is 0 Å². The number of hydrogen-bond acceptors (Lipinski definition) is 1. The van der Waals surface area contributed by atoms with Crippen LogP contribution in [-0.2, 0) is 0 Å². The first-order valence-electron chi connectivity index (χ1n) is 4.85. The second-order valence-corrected chi connectivity index (χ2v) is 3.31. The normalized spacial score (nSPS) is 10.0. The SMILES string of the molecule is [K+].[O-]c1ccc(/C=C/c2ccccc2)cc1. The summed E-state index contributed by atoms with van der Waals surface area (Å²) in [6.07, 6.45) is 4.02. The van der Waals surface area contributed by atoms with Crippen molar-refractivity contribution in [1.82, 2.24) is 0 Å². The van der Waals surface area contributed by atoms with Crippen molar-refractivity contribution < 1.29 is 56.5 Å². The van der Waals surface area contributed by atoms with Gasteiger partial charge in [0.15, 0.2) is 0 Å². The molecule has 16 heavy (non-hydrogen) atoms. The summed E-state index contributed by atoms with van der Waals surface area (Å²) < 4.78 is 0. The third-order valence-electron chi connectivity index (χ3n) is 2.15. The van der Waals surface area contributed by atoms with E-state index in [1.807, 2.05) is 54.6 Å². The van der Waals surface area contributed by atoms with Crippen molar-refractivity contribution in [3.63, 3.8) is 0 Å². The van der Waals surface area contributed by atoms with E-state index in [4.69, 9.17) is 0 Å². The molecule has 0 aliphatic carbocycles. The van der Waals surface area contributed by atoms with Gasteiger partial charge in [0, 0.05) is 0 Å². The van der Waals surface area contributed by atoms with E-state index in [-0.39, 0.29) is 57.1 Å². The van der Waals surface area contributed by atoms with Crippen LogP contribution in [0.1, 0.15) is 11.1 Å². The summed E-state index contributed by atoms with van der Waals surface area (Å²) in [6.45, 7) is 0. The van der Waals surface area contributed by atoms with Crippen LogP contribution < -0.4 is 56.5 Å². The molecular weight excluding hydrogens is 223 g/mol. The predicted octanol–water partition coefficient (Wildman–Crippen LogP) is -0.0654. The number of hydrogen-bond donors (Lipinski definition) is 0. The van der Waals surface area contributed by atoms with Gasteiger partial charge in [-0.15, -0.1) is 5.75 Å². The van der Waals surface area contributed by atoms with Crippen LogP contribution in [0, 0.1) is 0 Å². The Kier molecular flexibility index (Phi) is 6.02. The molecule has 0 aliphatic heterocycles. The molecule has 0 atom stereocenters. The third kappa shape index (κ3) is 4.24. The Hall–Kier alpha value is -0.384. The molecule has 2 rings (SSSR count). The van der Waals surface area contributed by atoms with E-state index in [2.05, 4.69) is 0 Å². The van der Waals surface area contributed by atoms with Crippen LogP contribution in [0.25, 0.3) is 12.2 Å². The monoisotopic (exact) mass is 234 g/mol. The average molecular weight is 234 g/mol. The zero-order valence-electron chi connectivity index (χ0n) is 9.26. The zero-order valence-corrected chi connectivity index (χ0v) is 12.4. The van der Waals surface area contributed by atoms with E-state index < -0.39 is 0 Å². The summed E-state index contributed by atoms with van der Waals surface area (Å²) in [7, 11) is 0. The third-order valence-corrected chi connectivity index (χ3v) is 2.15. The summed E-state index contributed by atoms with van der Waals surface area (Å²) >= 11 is 0. The molecule has 0 unspecified atom stereocenters. The topological polar surface area (TPSA) is 23.1 Å². The minimum Gasteiger partial charge on any atom is -0.872 e. The predicted molar refractivity (Wildman–Crippen MR) is 61.3 cm³/mol. The molecule has 2 aromatic rings. The molecule has 0 heterocycles. The molecule has 0 saturated carbocycles. The molecule has 1 nitrogen and oxygen atoms in total. The fraction of sp³-hybridized carbons (Fsp3) is 0. The maximum atomic E-state index is 10.9. The summed E-state index contributed by atoms with van der Waals surface area (Å²) in [5.41, 5.74) is 2.20. The van der Waals surface area contributed by atoms with Gasteiger partial charge in [-0.3, -0.25) is 0 Å². The van der Waals surface area contributed by atoms with Gasteiger partial charge in [0.05, 0.1) is 0 Å². The Labute approximate surface area is 138 Å². The van der Waals surface area contributed by atoms with Gasteiger partial charge in [-0.2, -0.15) is 0 Å². The van der Waals surface area contributed by atoms with Crippen molar-refractivity contribution in [1.29, 1.82) is 0 Å². The van der Waals surface area contributed by atoms with Crippen LogP contribution in [-0.4, -0.2) is 0 Å². The number of rotatable bonds is 2. The van der Waals surface area contributed by atoms with E-state index in [1.165, 1.54) is 0 Å². The van der Waals surface area contributed by atoms with Crippen LogP contribution >= 0.6 is 0 Å². The first-order valence-corrected chi connectivity index (χ1v) is 4.85. The van der Waals surface area contributed by atoms with Gasteiger partial charge in [0.2, 0.25) is 0 Å². The van der Waals surface area contributed by atoms with Crippen LogP contribution in [0.5, 0.6) is 5.75 Å². The molecule has 0 N–H and O–H groups in total. The summed E-state index contributed by atoms with van der Waals surface area (Å²) in [5.74, 6) is 0.0480. The molecule has 0 spiro atoms. The van der Waals surface area contributed by atoms with Crippen molar-refractivity contribution in [3.05, 3.63) is 65.7 Å². The largest absolute Gasteiger partial charge is 1.00 e. The molecule has 0 fully saturated rings. The molecule has 0 radical (unpaired) electrons. The minimum atomic E-state index is 0. The van der Waals surface area contributed by atoms with Crippen molar-refractivity contribution in [2.24, 2.45) is 0 Å². The summed E-state index contributed by atoms with van der Waals surface area (Å²) in [4.78, 5) is 0. The Bertz CT molecular complexity index is 446. The standard InChI is InChI=1S/C14H12O.K/c15-14-10-8-13(9-11-14)7-6-12-4-2-1-3-5-12;/h1-11,15H;/q;+1/p-1/b7-6+;. The molecule has 0 bridgehead atoms.